The average Bonchev–Trinajstić information content (AvgIpc) is 3.45. The number of rotatable bonds is 6. The van der Waals surface area contributed by atoms with E-state index >= 15 is 0 Å². The molecule has 28 heavy (non-hydrogen) atoms. The SMILES string of the molecule is CC=C1C=CC(=O)C(=O)C1C1(CCN(C)CC2CC2)C(=O)C(O)CCC1(C)O. The van der Waals surface area contributed by atoms with E-state index in [-0.39, 0.29) is 19.3 Å². The van der Waals surface area contributed by atoms with Crippen molar-refractivity contribution in [1.29, 1.82) is 0 Å². The van der Waals surface area contributed by atoms with Gasteiger partial charge in [-0.05, 0) is 77.1 Å². The van der Waals surface area contributed by atoms with E-state index < -0.39 is 40.4 Å². The number of aliphatic hydroxyl groups is 2. The summed E-state index contributed by atoms with van der Waals surface area (Å²) < 4.78 is 0. The largest absolute Gasteiger partial charge is 0.389 e. The molecule has 0 saturated heterocycles. The van der Waals surface area contributed by atoms with Crippen LogP contribution in [0.15, 0.2) is 23.8 Å². The van der Waals surface area contributed by atoms with Crippen molar-refractivity contribution in [2.75, 3.05) is 20.1 Å². The molecule has 0 amide bonds. The first-order valence-electron chi connectivity index (χ1n) is 10.2. The van der Waals surface area contributed by atoms with Crippen LogP contribution in [0.3, 0.4) is 0 Å². The van der Waals surface area contributed by atoms with E-state index in [2.05, 4.69) is 4.90 Å². The summed E-state index contributed by atoms with van der Waals surface area (Å²) in [5.41, 5.74) is -2.47. The number of hydrogen-bond donors (Lipinski definition) is 2. The third-order valence-corrected chi connectivity index (χ3v) is 6.85. The fourth-order valence-corrected chi connectivity index (χ4v) is 4.94. The highest BCUT2D eigenvalue weighted by molar-refractivity contribution is 6.44. The maximum Gasteiger partial charge on any atom is 0.222 e. The summed E-state index contributed by atoms with van der Waals surface area (Å²) in [4.78, 5) is 40.7. The summed E-state index contributed by atoms with van der Waals surface area (Å²) in [5, 5.41) is 21.8. The first kappa shape index (κ1) is 21.1. The molecular weight excluding hydrogens is 358 g/mol. The van der Waals surface area contributed by atoms with Crippen LogP contribution < -0.4 is 0 Å². The van der Waals surface area contributed by atoms with Crippen LogP contribution >= 0.6 is 0 Å². The van der Waals surface area contributed by atoms with Crippen LogP contribution in [-0.4, -0.2) is 64.3 Å². The second-order valence-corrected chi connectivity index (χ2v) is 8.90. The van der Waals surface area contributed by atoms with Gasteiger partial charge in [0.05, 0.1) is 16.9 Å². The standard InChI is InChI=1S/C22H31NO5/c1-4-15-7-8-16(24)19(26)18(15)22(11-12-23(3)13-14-5-6-14)20(27)17(25)9-10-21(22,2)28/h4,7-8,14,17-18,25,28H,5-6,9-13H2,1-3H3. The molecule has 4 unspecified atom stereocenters. The van der Waals surface area contributed by atoms with Crippen molar-refractivity contribution in [3.63, 3.8) is 0 Å². The van der Waals surface area contributed by atoms with E-state index in [1.165, 1.54) is 18.9 Å². The minimum absolute atomic E-state index is 0.154. The summed E-state index contributed by atoms with van der Waals surface area (Å²) in [6, 6.07) is 0. The molecule has 6 heteroatoms. The Kier molecular flexibility index (Phi) is 5.76. The van der Waals surface area contributed by atoms with E-state index in [1.54, 1.807) is 26.0 Å². The van der Waals surface area contributed by atoms with Crippen molar-refractivity contribution in [3.8, 4) is 0 Å². The van der Waals surface area contributed by atoms with Gasteiger partial charge >= 0.3 is 0 Å². The Morgan fingerprint density at radius 2 is 1.89 bits per heavy atom. The maximum absolute atomic E-state index is 13.4. The molecule has 2 N–H and O–H groups in total. The lowest BCUT2D eigenvalue weighted by Crippen LogP contribution is -2.65. The second-order valence-electron chi connectivity index (χ2n) is 8.90. The predicted molar refractivity (Wildman–Crippen MR) is 105 cm³/mol. The molecule has 0 bridgehead atoms. The van der Waals surface area contributed by atoms with Crippen molar-refractivity contribution in [2.45, 2.75) is 57.7 Å². The topological polar surface area (TPSA) is 94.9 Å². The normalized spacial score (nSPS) is 37.9. The zero-order valence-corrected chi connectivity index (χ0v) is 17.0. The highest BCUT2D eigenvalue weighted by atomic mass is 16.3. The molecule has 0 spiro atoms. The van der Waals surface area contributed by atoms with Gasteiger partial charge in [0.25, 0.3) is 0 Å². The van der Waals surface area contributed by atoms with Crippen molar-refractivity contribution < 1.29 is 24.6 Å². The van der Waals surface area contributed by atoms with Gasteiger partial charge < -0.3 is 15.1 Å². The van der Waals surface area contributed by atoms with Crippen molar-refractivity contribution in [1.82, 2.24) is 4.90 Å². The van der Waals surface area contributed by atoms with Gasteiger partial charge in [-0.25, -0.2) is 0 Å². The number of Topliss-reactive ketones (excluding diaryl/α,β-unsaturated/α-hetero) is 2. The molecule has 0 aromatic heterocycles. The van der Waals surface area contributed by atoms with Gasteiger partial charge in [-0.1, -0.05) is 12.2 Å². The summed E-state index contributed by atoms with van der Waals surface area (Å²) in [7, 11) is 1.97. The van der Waals surface area contributed by atoms with Crippen LogP contribution in [0.1, 0.15) is 46.0 Å². The van der Waals surface area contributed by atoms with Gasteiger partial charge in [0.1, 0.15) is 6.10 Å². The molecule has 0 heterocycles. The molecule has 0 aliphatic heterocycles. The summed E-state index contributed by atoms with van der Waals surface area (Å²) in [5.74, 6) is -2.26. The van der Waals surface area contributed by atoms with Crippen molar-refractivity contribution >= 4 is 17.3 Å². The van der Waals surface area contributed by atoms with Gasteiger partial charge in [-0.15, -0.1) is 0 Å². The number of carbonyl (C=O) groups excluding carboxylic acids is 3. The summed E-state index contributed by atoms with van der Waals surface area (Å²) in [6.07, 6.45) is 6.24. The molecule has 4 atom stereocenters. The van der Waals surface area contributed by atoms with Crippen LogP contribution in [0.5, 0.6) is 0 Å². The molecule has 3 rings (SSSR count). The number of aliphatic hydroxyl groups excluding tert-OH is 1. The molecule has 3 aliphatic rings. The second kappa shape index (κ2) is 7.65. The van der Waals surface area contributed by atoms with Crippen molar-refractivity contribution in [2.24, 2.45) is 17.3 Å². The quantitative estimate of drug-likeness (QED) is 0.668. The average molecular weight is 389 g/mol. The minimum atomic E-state index is -1.53. The lowest BCUT2D eigenvalue weighted by atomic mass is 9.51. The van der Waals surface area contributed by atoms with Gasteiger partial charge in [0.15, 0.2) is 5.78 Å². The van der Waals surface area contributed by atoms with E-state index in [1.807, 2.05) is 7.05 Å². The molecule has 0 radical (unpaired) electrons. The molecule has 6 nitrogen and oxygen atoms in total. The monoisotopic (exact) mass is 389 g/mol. The fourth-order valence-electron chi connectivity index (χ4n) is 4.94. The Labute approximate surface area is 166 Å². The fraction of sp³-hybridized carbons (Fsp3) is 0.682. The molecule has 0 aromatic carbocycles. The van der Waals surface area contributed by atoms with Gasteiger partial charge in [0, 0.05) is 6.54 Å². The third-order valence-electron chi connectivity index (χ3n) is 6.85. The lowest BCUT2D eigenvalue weighted by Gasteiger charge is -2.53. The summed E-state index contributed by atoms with van der Waals surface area (Å²) in [6.45, 7) is 4.73. The van der Waals surface area contributed by atoms with Gasteiger partial charge in [-0.3, -0.25) is 14.4 Å². The molecular formula is C22H31NO5. The maximum atomic E-state index is 13.4. The van der Waals surface area contributed by atoms with E-state index in [9.17, 15) is 24.6 Å². The predicted octanol–water partition coefficient (Wildman–Crippen LogP) is 1.45. The van der Waals surface area contributed by atoms with E-state index in [4.69, 9.17) is 0 Å². The van der Waals surface area contributed by atoms with Gasteiger partial charge in [-0.2, -0.15) is 0 Å². The first-order chi connectivity index (χ1) is 13.1. The molecule has 0 aromatic rings. The van der Waals surface area contributed by atoms with Crippen LogP contribution in [-0.2, 0) is 14.4 Å². The Balaban J connectivity index is 2.04. The number of carbonyl (C=O) groups is 3. The number of allylic oxidation sites excluding steroid dienone is 4. The third kappa shape index (κ3) is 3.53. The number of nitrogens with zero attached hydrogens (tertiary/aromatic N) is 1. The Hall–Kier alpha value is -1.63. The Bertz CT molecular complexity index is 733. The van der Waals surface area contributed by atoms with Gasteiger partial charge in [0.2, 0.25) is 11.6 Å². The zero-order chi connectivity index (χ0) is 20.7. The molecule has 2 fully saturated rings. The lowest BCUT2D eigenvalue weighted by molar-refractivity contribution is -0.181. The number of ketones is 3. The minimum Gasteiger partial charge on any atom is -0.389 e. The highest BCUT2D eigenvalue weighted by Gasteiger charge is 2.64. The van der Waals surface area contributed by atoms with Crippen LogP contribution in [0.25, 0.3) is 0 Å². The molecule has 2 saturated carbocycles. The first-order valence-corrected chi connectivity index (χ1v) is 10.2. The summed E-state index contributed by atoms with van der Waals surface area (Å²) >= 11 is 0. The van der Waals surface area contributed by atoms with Crippen LogP contribution in [0.4, 0.5) is 0 Å². The van der Waals surface area contributed by atoms with Crippen LogP contribution in [0, 0.1) is 17.3 Å². The smallest absolute Gasteiger partial charge is 0.222 e. The Morgan fingerprint density at radius 1 is 1.21 bits per heavy atom. The highest BCUT2D eigenvalue weighted by Crippen LogP contribution is 2.53. The molecule has 3 aliphatic carbocycles. The van der Waals surface area contributed by atoms with Crippen LogP contribution in [0.2, 0.25) is 0 Å². The van der Waals surface area contributed by atoms with E-state index in [0.717, 1.165) is 6.54 Å². The Morgan fingerprint density at radius 3 is 2.50 bits per heavy atom. The van der Waals surface area contributed by atoms with E-state index in [0.29, 0.717) is 18.0 Å². The zero-order valence-electron chi connectivity index (χ0n) is 17.0. The molecule has 154 valence electrons. The van der Waals surface area contributed by atoms with Crippen molar-refractivity contribution in [3.05, 3.63) is 23.8 Å². The number of hydrogen-bond acceptors (Lipinski definition) is 6.